The van der Waals surface area contributed by atoms with E-state index in [0.717, 1.165) is 12.1 Å². The minimum atomic E-state index is -3.78. The zero-order valence-electron chi connectivity index (χ0n) is 15.9. The third kappa shape index (κ3) is 4.58. The summed E-state index contributed by atoms with van der Waals surface area (Å²) >= 11 is 0. The molecule has 0 aliphatic carbocycles. The van der Waals surface area contributed by atoms with Crippen LogP contribution in [0.15, 0.2) is 59.5 Å². The van der Waals surface area contributed by atoms with Gasteiger partial charge in [0.05, 0.1) is 12.0 Å². The van der Waals surface area contributed by atoms with Gasteiger partial charge in [0.15, 0.2) is 11.6 Å². The Morgan fingerprint density at radius 2 is 1.64 bits per heavy atom. The van der Waals surface area contributed by atoms with Crippen molar-refractivity contribution in [1.29, 1.82) is 0 Å². The molecule has 0 aliphatic rings. The molecule has 0 radical (unpaired) electrons. The molecular weight excluding hydrogens is 376 g/mol. The third-order valence-electron chi connectivity index (χ3n) is 4.21. The van der Waals surface area contributed by atoms with E-state index in [0.29, 0.717) is 17.1 Å². The maximum Gasteiger partial charge on any atom is 0.263 e. The van der Waals surface area contributed by atoms with Crippen molar-refractivity contribution >= 4 is 27.3 Å². The van der Waals surface area contributed by atoms with Crippen molar-refractivity contribution in [2.75, 3.05) is 17.1 Å². The van der Waals surface area contributed by atoms with Crippen LogP contribution in [-0.4, -0.2) is 25.7 Å². The normalized spacial score (nSPS) is 11.1. The fraction of sp³-hybridized carbons (Fsp3) is 0.200. The summed E-state index contributed by atoms with van der Waals surface area (Å²) in [6, 6.07) is 16.0. The van der Waals surface area contributed by atoms with Gasteiger partial charge in [-0.15, -0.1) is 10.2 Å². The minimum Gasteiger partial charge on any atom is -0.497 e. The Kier molecular flexibility index (Phi) is 5.79. The van der Waals surface area contributed by atoms with Crippen molar-refractivity contribution < 1.29 is 13.2 Å². The van der Waals surface area contributed by atoms with Crippen LogP contribution in [0.4, 0.5) is 17.3 Å². The second-order valence-corrected chi connectivity index (χ2v) is 7.87. The van der Waals surface area contributed by atoms with E-state index in [1.807, 2.05) is 24.3 Å². The number of nitrogens with zero attached hydrogens (tertiary/aromatic N) is 2. The quantitative estimate of drug-likeness (QED) is 0.627. The predicted octanol–water partition coefficient (Wildman–Crippen LogP) is 3.90. The molecule has 2 N–H and O–H groups in total. The summed E-state index contributed by atoms with van der Waals surface area (Å²) in [5.41, 5.74) is 2.71. The molecule has 0 spiro atoms. The second-order valence-electron chi connectivity index (χ2n) is 6.22. The van der Waals surface area contributed by atoms with Crippen LogP contribution < -0.4 is 14.8 Å². The number of hydrogen-bond donors (Lipinski definition) is 2. The first-order valence-corrected chi connectivity index (χ1v) is 10.3. The topological polar surface area (TPSA) is 93.2 Å². The highest BCUT2D eigenvalue weighted by Crippen LogP contribution is 2.23. The number of ether oxygens (including phenoxy) is 1. The number of sulfonamides is 1. The van der Waals surface area contributed by atoms with Crippen molar-refractivity contribution in [3.8, 4) is 5.75 Å². The Hall–Kier alpha value is -3.13. The standard InChI is InChI=1S/C20H22N4O3S/c1-4-15-5-7-16(8-6-15)21-19-11-12-20(23-22-19)24-28(25,26)18-10-9-17(27-3)13-14(18)2/h5-13H,4H2,1-3H3,(H,21,22)(H,23,24). The second kappa shape index (κ2) is 8.26. The SMILES string of the molecule is CCc1ccc(Nc2ccc(NS(=O)(=O)c3ccc(OC)cc3C)nn2)cc1. The van der Waals surface area contributed by atoms with E-state index < -0.39 is 10.0 Å². The number of methoxy groups -OCH3 is 1. The zero-order chi connectivity index (χ0) is 20.1. The number of benzene rings is 2. The summed E-state index contributed by atoms with van der Waals surface area (Å²) in [7, 11) is -2.24. The summed E-state index contributed by atoms with van der Waals surface area (Å²) < 4.78 is 32.8. The van der Waals surface area contributed by atoms with Gasteiger partial charge in [-0.2, -0.15) is 0 Å². The Morgan fingerprint density at radius 1 is 0.964 bits per heavy atom. The first-order valence-electron chi connectivity index (χ1n) is 8.78. The van der Waals surface area contributed by atoms with Crippen molar-refractivity contribution in [2.45, 2.75) is 25.2 Å². The molecule has 0 fully saturated rings. The van der Waals surface area contributed by atoms with Crippen LogP contribution in [0, 0.1) is 6.92 Å². The van der Waals surface area contributed by atoms with E-state index in [9.17, 15) is 8.42 Å². The van der Waals surface area contributed by atoms with E-state index in [-0.39, 0.29) is 10.7 Å². The minimum absolute atomic E-state index is 0.141. The molecule has 0 bridgehead atoms. The zero-order valence-corrected chi connectivity index (χ0v) is 16.7. The smallest absolute Gasteiger partial charge is 0.263 e. The van der Waals surface area contributed by atoms with Gasteiger partial charge < -0.3 is 10.1 Å². The molecule has 3 aromatic rings. The average molecular weight is 398 g/mol. The Balaban J connectivity index is 1.72. The van der Waals surface area contributed by atoms with Crippen LogP contribution in [0.5, 0.6) is 5.75 Å². The molecule has 0 atom stereocenters. The molecule has 0 saturated carbocycles. The summed E-state index contributed by atoms with van der Waals surface area (Å²) in [5, 5.41) is 11.1. The molecule has 1 heterocycles. The van der Waals surface area contributed by atoms with Crippen LogP contribution >= 0.6 is 0 Å². The lowest BCUT2D eigenvalue weighted by molar-refractivity contribution is 0.414. The van der Waals surface area contributed by atoms with E-state index in [1.165, 1.54) is 18.7 Å². The van der Waals surface area contributed by atoms with Gasteiger partial charge >= 0.3 is 0 Å². The highest BCUT2D eigenvalue weighted by molar-refractivity contribution is 7.92. The van der Waals surface area contributed by atoms with Crippen molar-refractivity contribution in [3.05, 3.63) is 65.7 Å². The Labute approximate surface area is 164 Å². The van der Waals surface area contributed by atoms with E-state index in [4.69, 9.17) is 4.74 Å². The van der Waals surface area contributed by atoms with Crippen LogP contribution in [0.25, 0.3) is 0 Å². The molecular formula is C20H22N4O3S. The molecule has 146 valence electrons. The first kappa shape index (κ1) is 19.6. The Morgan fingerprint density at radius 3 is 2.21 bits per heavy atom. The molecule has 28 heavy (non-hydrogen) atoms. The van der Waals surface area contributed by atoms with Crippen LogP contribution in [0.3, 0.4) is 0 Å². The fourth-order valence-corrected chi connectivity index (χ4v) is 3.89. The lowest BCUT2D eigenvalue weighted by Gasteiger charge is -2.11. The predicted molar refractivity (Wildman–Crippen MR) is 110 cm³/mol. The van der Waals surface area contributed by atoms with Gasteiger partial charge in [-0.3, -0.25) is 4.72 Å². The average Bonchev–Trinajstić information content (AvgIpc) is 2.69. The van der Waals surface area contributed by atoms with Crippen LogP contribution in [-0.2, 0) is 16.4 Å². The molecule has 8 heteroatoms. The summed E-state index contributed by atoms with van der Waals surface area (Å²) in [6.45, 7) is 3.81. The maximum atomic E-state index is 12.6. The summed E-state index contributed by atoms with van der Waals surface area (Å²) in [5.74, 6) is 1.26. The molecule has 7 nitrogen and oxygen atoms in total. The van der Waals surface area contributed by atoms with Crippen molar-refractivity contribution in [1.82, 2.24) is 10.2 Å². The van der Waals surface area contributed by atoms with E-state index in [2.05, 4.69) is 27.2 Å². The summed E-state index contributed by atoms with van der Waals surface area (Å²) in [6.07, 6.45) is 0.975. The lowest BCUT2D eigenvalue weighted by atomic mass is 10.1. The molecule has 0 saturated heterocycles. The number of aromatic nitrogens is 2. The van der Waals surface area contributed by atoms with E-state index in [1.54, 1.807) is 31.2 Å². The number of hydrogen-bond acceptors (Lipinski definition) is 6. The molecule has 0 amide bonds. The number of nitrogens with one attached hydrogen (secondary N) is 2. The fourth-order valence-electron chi connectivity index (χ4n) is 2.67. The van der Waals surface area contributed by atoms with Gasteiger partial charge in [0.1, 0.15) is 5.75 Å². The highest BCUT2D eigenvalue weighted by Gasteiger charge is 2.18. The van der Waals surface area contributed by atoms with Crippen molar-refractivity contribution in [2.24, 2.45) is 0 Å². The van der Waals surface area contributed by atoms with Gasteiger partial charge in [-0.25, -0.2) is 8.42 Å². The van der Waals surface area contributed by atoms with Gasteiger partial charge in [0, 0.05) is 5.69 Å². The molecule has 2 aromatic carbocycles. The van der Waals surface area contributed by atoms with Gasteiger partial charge in [-0.05, 0) is 66.9 Å². The number of aryl methyl sites for hydroxylation is 2. The van der Waals surface area contributed by atoms with Crippen LogP contribution in [0.1, 0.15) is 18.1 Å². The molecule has 3 rings (SSSR count). The number of rotatable bonds is 7. The molecule has 0 aliphatic heterocycles. The molecule has 0 unspecified atom stereocenters. The largest absolute Gasteiger partial charge is 0.497 e. The third-order valence-corrected chi connectivity index (χ3v) is 5.72. The van der Waals surface area contributed by atoms with Gasteiger partial charge in [0.2, 0.25) is 0 Å². The van der Waals surface area contributed by atoms with Crippen LogP contribution in [0.2, 0.25) is 0 Å². The lowest BCUT2D eigenvalue weighted by Crippen LogP contribution is -2.15. The van der Waals surface area contributed by atoms with Gasteiger partial charge in [0.25, 0.3) is 10.0 Å². The first-order chi connectivity index (χ1) is 13.4. The number of anilines is 3. The summed E-state index contributed by atoms with van der Waals surface area (Å²) in [4.78, 5) is 0.160. The Bertz CT molecular complexity index is 1050. The van der Waals surface area contributed by atoms with E-state index >= 15 is 0 Å². The highest BCUT2D eigenvalue weighted by atomic mass is 32.2. The molecule has 1 aromatic heterocycles. The monoisotopic (exact) mass is 398 g/mol. The van der Waals surface area contributed by atoms with Gasteiger partial charge in [-0.1, -0.05) is 19.1 Å². The maximum absolute atomic E-state index is 12.6. The van der Waals surface area contributed by atoms with Crippen molar-refractivity contribution in [3.63, 3.8) is 0 Å².